The van der Waals surface area contributed by atoms with E-state index in [1.165, 1.54) is 19.3 Å². The lowest BCUT2D eigenvalue weighted by atomic mass is 9.95. The molecule has 0 aromatic heterocycles. The van der Waals surface area contributed by atoms with E-state index < -0.39 is 0 Å². The molecule has 1 aromatic rings. The van der Waals surface area contributed by atoms with Gasteiger partial charge >= 0.3 is 0 Å². The summed E-state index contributed by atoms with van der Waals surface area (Å²) < 4.78 is 10.6. The molecule has 27 heavy (non-hydrogen) atoms. The van der Waals surface area contributed by atoms with Crippen LogP contribution in [0.5, 0.6) is 11.5 Å². The van der Waals surface area contributed by atoms with Crippen LogP contribution in [-0.2, 0) is 4.79 Å². The van der Waals surface area contributed by atoms with Gasteiger partial charge in [0, 0.05) is 30.8 Å². The number of hydrogen-bond acceptors (Lipinski definition) is 4. The van der Waals surface area contributed by atoms with Crippen molar-refractivity contribution in [1.82, 2.24) is 10.6 Å². The maximum absolute atomic E-state index is 12.1. The number of nitrogens with zero attached hydrogens (tertiary/aromatic N) is 1. The molecule has 1 saturated carbocycles. The normalized spacial score (nSPS) is 15.1. The van der Waals surface area contributed by atoms with Gasteiger partial charge < -0.3 is 25.4 Å². The van der Waals surface area contributed by atoms with Gasteiger partial charge in [0.05, 0.1) is 20.8 Å². The summed E-state index contributed by atoms with van der Waals surface area (Å²) in [4.78, 5) is 16.6. The quantitative estimate of drug-likeness (QED) is 0.480. The molecule has 2 rings (SSSR count). The Balaban J connectivity index is 1.88. The molecule has 0 radical (unpaired) electrons. The molecule has 7 heteroatoms. The minimum absolute atomic E-state index is 0.0765. The highest BCUT2D eigenvalue weighted by Gasteiger charge is 2.15. The Hall–Kier alpha value is -2.44. The lowest BCUT2D eigenvalue weighted by molar-refractivity contribution is -0.121. The molecular formula is C20H32N4O3. The molecule has 150 valence electrons. The van der Waals surface area contributed by atoms with E-state index in [1.54, 1.807) is 14.2 Å². The van der Waals surface area contributed by atoms with Crippen molar-refractivity contribution in [2.45, 2.75) is 51.5 Å². The van der Waals surface area contributed by atoms with Gasteiger partial charge in [-0.25, -0.2) is 0 Å². The highest BCUT2D eigenvalue weighted by atomic mass is 16.5. The fourth-order valence-corrected chi connectivity index (χ4v) is 3.17. The SMILES string of the molecule is CCNC(=NCCC(=O)NC1CCCCC1)Nc1ccc(OC)c(OC)c1. The van der Waals surface area contributed by atoms with Crippen LogP contribution in [0.15, 0.2) is 23.2 Å². The average Bonchev–Trinajstić information content (AvgIpc) is 2.68. The summed E-state index contributed by atoms with van der Waals surface area (Å²) >= 11 is 0. The van der Waals surface area contributed by atoms with E-state index in [2.05, 4.69) is 20.9 Å². The number of aliphatic imine (C=N–C) groups is 1. The smallest absolute Gasteiger partial charge is 0.222 e. The molecule has 0 spiro atoms. The van der Waals surface area contributed by atoms with E-state index in [-0.39, 0.29) is 5.91 Å². The van der Waals surface area contributed by atoms with Crippen LogP contribution in [0.4, 0.5) is 5.69 Å². The largest absolute Gasteiger partial charge is 0.493 e. The number of nitrogens with one attached hydrogen (secondary N) is 3. The molecule has 0 unspecified atom stereocenters. The van der Waals surface area contributed by atoms with Gasteiger partial charge in [-0.3, -0.25) is 9.79 Å². The summed E-state index contributed by atoms with van der Waals surface area (Å²) in [5.74, 6) is 2.03. The zero-order chi connectivity index (χ0) is 19.5. The van der Waals surface area contributed by atoms with Crippen molar-refractivity contribution in [3.8, 4) is 11.5 Å². The molecule has 0 saturated heterocycles. The highest BCUT2D eigenvalue weighted by Crippen LogP contribution is 2.29. The number of carbonyl (C=O) groups is 1. The van der Waals surface area contributed by atoms with Crippen molar-refractivity contribution in [2.75, 3.05) is 32.6 Å². The molecule has 0 atom stereocenters. The van der Waals surface area contributed by atoms with E-state index in [9.17, 15) is 4.79 Å². The Kier molecular flexibility index (Phi) is 8.74. The average molecular weight is 377 g/mol. The van der Waals surface area contributed by atoms with Crippen LogP contribution in [-0.4, -0.2) is 45.2 Å². The number of methoxy groups -OCH3 is 2. The fraction of sp³-hybridized carbons (Fsp3) is 0.600. The van der Waals surface area contributed by atoms with Crippen molar-refractivity contribution >= 4 is 17.6 Å². The minimum atomic E-state index is 0.0765. The van der Waals surface area contributed by atoms with Gasteiger partial charge in [-0.2, -0.15) is 0 Å². The third-order valence-corrected chi connectivity index (χ3v) is 4.57. The third-order valence-electron chi connectivity index (χ3n) is 4.57. The molecule has 1 aromatic carbocycles. The molecule has 1 aliphatic carbocycles. The van der Waals surface area contributed by atoms with Crippen LogP contribution in [0.1, 0.15) is 45.4 Å². The van der Waals surface area contributed by atoms with Gasteiger partial charge in [0.2, 0.25) is 5.91 Å². The predicted molar refractivity (Wildman–Crippen MR) is 109 cm³/mol. The van der Waals surface area contributed by atoms with Crippen molar-refractivity contribution in [2.24, 2.45) is 4.99 Å². The number of hydrogen-bond donors (Lipinski definition) is 3. The second kappa shape index (κ2) is 11.3. The zero-order valence-corrected chi connectivity index (χ0v) is 16.6. The summed E-state index contributed by atoms with van der Waals surface area (Å²) in [6, 6.07) is 5.92. The first-order chi connectivity index (χ1) is 13.2. The summed E-state index contributed by atoms with van der Waals surface area (Å²) in [5, 5.41) is 9.54. The van der Waals surface area contributed by atoms with Crippen molar-refractivity contribution in [3.05, 3.63) is 18.2 Å². The Morgan fingerprint density at radius 3 is 2.56 bits per heavy atom. The number of benzene rings is 1. The molecule has 1 fully saturated rings. The summed E-state index contributed by atoms with van der Waals surface area (Å²) in [5.41, 5.74) is 0.832. The Labute approximate surface area is 161 Å². The Morgan fingerprint density at radius 1 is 1.15 bits per heavy atom. The Bertz CT molecular complexity index is 628. The zero-order valence-electron chi connectivity index (χ0n) is 16.6. The summed E-state index contributed by atoms with van der Waals surface area (Å²) in [6.45, 7) is 3.16. The molecule has 3 N–H and O–H groups in total. The molecular weight excluding hydrogens is 344 g/mol. The molecule has 0 bridgehead atoms. The van der Waals surface area contributed by atoms with E-state index in [0.29, 0.717) is 36.5 Å². The number of amides is 1. The number of rotatable bonds is 8. The lowest BCUT2D eigenvalue weighted by Gasteiger charge is -2.22. The second-order valence-electron chi connectivity index (χ2n) is 6.61. The van der Waals surface area contributed by atoms with Crippen molar-refractivity contribution in [3.63, 3.8) is 0 Å². The number of carbonyl (C=O) groups excluding carboxylic acids is 1. The first-order valence-corrected chi connectivity index (χ1v) is 9.73. The summed E-state index contributed by atoms with van der Waals surface area (Å²) in [7, 11) is 3.21. The fourth-order valence-electron chi connectivity index (χ4n) is 3.17. The van der Waals surface area contributed by atoms with Gasteiger partial charge in [0.15, 0.2) is 17.5 Å². The van der Waals surface area contributed by atoms with Crippen LogP contribution in [0.2, 0.25) is 0 Å². The molecule has 0 aliphatic heterocycles. The van der Waals surface area contributed by atoms with E-state index >= 15 is 0 Å². The van der Waals surface area contributed by atoms with Crippen LogP contribution in [0, 0.1) is 0 Å². The molecule has 7 nitrogen and oxygen atoms in total. The van der Waals surface area contributed by atoms with Crippen molar-refractivity contribution in [1.29, 1.82) is 0 Å². The standard InChI is InChI=1S/C20H32N4O3/c1-4-21-20(24-16-10-11-17(26-2)18(14-16)27-3)22-13-12-19(25)23-15-8-6-5-7-9-15/h10-11,14-15H,4-9,12-13H2,1-3H3,(H,23,25)(H2,21,22,24). The summed E-state index contributed by atoms with van der Waals surface area (Å²) in [6.07, 6.45) is 6.28. The molecule has 1 amide bonds. The van der Waals surface area contributed by atoms with Gasteiger partial charge in [0.1, 0.15) is 0 Å². The topological polar surface area (TPSA) is 84.0 Å². The van der Waals surface area contributed by atoms with Gasteiger partial charge in [-0.05, 0) is 31.9 Å². The van der Waals surface area contributed by atoms with Crippen LogP contribution in [0.25, 0.3) is 0 Å². The van der Waals surface area contributed by atoms with Crippen LogP contribution >= 0.6 is 0 Å². The molecule has 0 heterocycles. The Morgan fingerprint density at radius 2 is 1.89 bits per heavy atom. The maximum atomic E-state index is 12.1. The second-order valence-corrected chi connectivity index (χ2v) is 6.61. The first kappa shape index (κ1) is 20.9. The van der Waals surface area contributed by atoms with Gasteiger partial charge in [0.25, 0.3) is 0 Å². The predicted octanol–water partition coefficient (Wildman–Crippen LogP) is 2.92. The monoisotopic (exact) mass is 376 g/mol. The van der Waals surface area contributed by atoms with Crippen LogP contribution < -0.4 is 25.4 Å². The number of guanidine groups is 1. The first-order valence-electron chi connectivity index (χ1n) is 9.73. The maximum Gasteiger partial charge on any atom is 0.222 e. The van der Waals surface area contributed by atoms with Gasteiger partial charge in [-0.1, -0.05) is 19.3 Å². The highest BCUT2D eigenvalue weighted by molar-refractivity contribution is 5.94. The van der Waals surface area contributed by atoms with Crippen molar-refractivity contribution < 1.29 is 14.3 Å². The van der Waals surface area contributed by atoms with E-state index in [4.69, 9.17) is 9.47 Å². The van der Waals surface area contributed by atoms with Crippen LogP contribution in [0.3, 0.4) is 0 Å². The van der Waals surface area contributed by atoms with Gasteiger partial charge in [-0.15, -0.1) is 0 Å². The molecule has 1 aliphatic rings. The van der Waals surface area contributed by atoms with E-state index in [0.717, 1.165) is 25.1 Å². The number of anilines is 1. The lowest BCUT2D eigenvalue weighted by Crippen LogP contribution is -2.36. The van der Waals surface area contributed by atoms with E-state index in [1.807, 2.05) is 25.1 Å². The minimum Gasteiger partial charge on any atom is -0.493 e. The third kappa shape index (κ3) is 7.00. The number of ether oxygens (including phenoxy) is 2.